The maximum absolute atomic E-state index is 14.6. The fourth-order valence-corrected chi connectivity index (χ4v) is 3.09. The summed E-state index contributed by atoms with van der Waals surface area (Å²) in [5.41, 5.74) is 9.83. The summed E-state index contributed by atoms with van der Waals surface area (Å²) in [6.07, 6.45) is -0.102. The molecule has 0 saturated heterocycles. The highest BCUT2D eigenvalue weighted by Gasteiger charge is 2.20. The Hall–Kier alpha value is -1.98. The van der Waals surface area contributed by atoms with Gasteiger partial charge in [0.25, 0.3) is 0 Å². The molecular weight excluding hydrogens is 360 g/mol. The van der Waals surface area contributed by atoms with Crippen molar-refractivity contribution in [2.24, 2.45) is 5.73 Å². The van der Waals surface area contributed by atoms with Crippen LogP contribution in [0.15, 0.2) is 24.3 Å². The van der Waals surface area contributed by atoms with Gasteiger partial charge in [0.2, 0.25) is 0 Å². The molecule has 2 N–H and O–H groups in total. The van der Waals surface area contributed by atoms with Gasteiger partial charge in [-0.2, -0.15) is 0 Å². The molecule has 3 nitrogen and oxygen atoms in total. The molecule has 2 aromatic carbocycles. The van der Waals surface area contributed by atoms with Gasteiger partial charge in [-0.05, 0) is 79.8 Å². The number of halogens is 3. The Bertz CT molecular complexity index is 786. The first-order valence-corrected chi connectivity index (χ1v) is 8.23. The van der Waals surface area contributed by atoms with Gasteiger partial charge >= 0.3 is 5.97 Å². The Morgan fingerprint density at radius 1 is 1.08 bits per heavy atom. The maximum atomic E-state index is 14.6. The zero-order valence-corrected chi connectivity index (χ0v) is 16.2. The molecule has 26 heavy (non-hydrogen) atoms. The second-order valence-corrected chi connectivity index (χ2v) is 6.23. The van der Waals surface area contributed by atoms with Gasteiger partial charge in [-0.3, -0.25) is 4.79 Å². The van der Waals surface area contributed by atoms with Crippen molar-refractivity contribution < 1.29 is 18.3 Å². The Kier molecular flexibility index (Phi) is 7.72. The highest BCUT2D eigenvalue weighted by molar-refractivity contribution is 5.85. The van der Waals surface area contributed by atoms with Crippen LogP contribution in [0.4, 0.5) is 8.78 Å². The van der Waals surface area contributed by atoms with Crippen LogP contribution in [0, 0.1) is 32.4 Å². The molecular formula is C20H24ClF2NO2. The van der Waals surface area contributed by atoms with Crippen LogP contribution in [0.25, 0.3) is 11.1 Å². The number of esters is 1. The van der Waals surface area contributed by atoms with E-state index in [1.54, 1.807) is 26.0 Å². The Labute approximate surface area is 159 Å². The number of aryl methyl sites for hydroxylation is 3. The lowest BCUT2D eigenvalue weighted by molar-refractivity contribution is -0.143. The van der Waals surface area contributed by atoms with Crippen LogP contribution in [-0.4, -0.2) is 12.6 Å². The summed E-state index contributed by atoms with van der Waals surface area (Å²) in [5, 5.41) is 0. The molecule has 2 rings (SSSR count). The molecule has 0 fully saturated rings. The van der Waals surface area contributed by atoms with Gasteiger partial charge in [-0.15, -0.1) is 12.4 Å². The smallest absolute Gasteiger partial charge is 0.307 e. The standard InChI is InChI=1S/C20H23F2NO2.ClH/c1-5-25-18(24)10-17(23)16-9-14(6-13(4)20(16)22)19-11(2)7-15(21)8-12(19)3;/h6-9,17H,5,10,23H2,1-4H3;1H/t17-;/m0./s1. The summed E-state index contributed by atoms with van der Waals surface area (Å²) in [5.74, 6) is -1.21. The summed E-state index contributed by atoms with van der Waals surface area (Å²) in [6, 6.07) is 5.43. The van der Waals surface area contributed by atoms with E-state index in [9.17, 15) is 13.6 Å². The fourth-order valence-electron chi connectivity index (χ4n) is 3.09. The summed E-state index contributed by atoms with van der Waals surface area (Å²) in [7, 11) is 0. The van der Waals surface area contributed by atoms with E-state index in [4.69, 9.17) is 10.5 Å². The highest BCUT2D eigenvalue weighted by atomic mass is 35.5. The quantitative estimate of drug-likeness (QED) is 0.744. The van der Waals surface area contributed by atoms with E-state index >= 15 is 0 Å². The highest BCUT2D eigenvalue weighted by Crippen LogP contribution is 2.33. The van der Waals surface area contributed by atoms with Crippen LogP contribution in [0.3, 0.4) is 0 Å². The average Bonchev–Trinajstić information content (AvgIpc) is 2.49. The number of carbonyl (C=O) groups excluding carboxylic acids is 1. The molecule has 6 heteroatoms. The van der Waals surface area contributed by atoms with Gasteiger partial charge in [0.1, 0.15) is 11.6 Å². The van der Waals surface area contributed by atoms with Gasteiger partial charge < -0.3 is 10.5 Å². The van der Waals surface area contributed by atoms with Crippen molar-refractivity contribution in [3.05, 3.63) is 58.2 Å². The number of hydrogen-bond donors (Lipinski definition) is 1. The van der Waals surface area contributed by atoms with Gasteiger partial charge in [-0.25, -0.2) is 8.78 Å². The van der Waals surface area contributed by atoms with Crippen molar-refractivity contribution in [2.45, 2.75) is 40.2 Å². The molecule has 2 aromatic rings. The van der Waals surface area contributed by atoms with Gasteiger partial charge in [0.05, 0.1) is 13.0 Å². The summed E-state index contributed by atoms with van der Waals surface area (Å²) in [4.78, 5) is 11.7. The molecule has 0 amide bonds. The van der Waals surface area contributed by atoms with Crippen LogP contribution in [0.1, 0.15) is 41.6 Å². The zero-order chi connectivity index (χ0) is 18.7. The molecule has 142 valence electrons. The molecule has 0 aliphatic carbocycles. The average molecular weight is 384 g/mol. The number of rotatable bonds is 5. The molecule has 0 aliphatic rings. The number of hydrogen-bond acceptors (Lipinski definition) is 3. The van der Waals surface area contributed by atoms with E-state index in [1.807, 2.05) is 13.8 Å². The van der Waals surface area contributed by atoms with Crippen molar-refractivity contribution in [2.75, 3.05) is 6.61 Å². The topological polar surface area (TPSA) is 52.3 Å². The van der Waals surface area contributed by atoms with E-state index in [1.165, 1.54) is 12.1 Å². The first-order chi connectivity index (χ1) is 11.7. The van der Waals surface area contributed by atoms with E-state index < -0.39 is 17.8 Å². The number of carbonyl (C=O) groups is 1. The molecule has 0 unspecified atom stereocenters. The third kappa shape index (κ3) is 4.80. The van der Waals surface area contributed by atoms with E-state index in [0.29, 0.717) is 5.56 Å². The lowest BCUT2D eigenvalue weighted by Gasteiger charge is -2.18. The predicted octanol–water partition coefficient (Wildman–Crippen LogP) is 4.93. The second kappa shape index (κ2) is 9.10. The summed E-state index contributed by atoms with van der Waals surface area (Å²) in [6.45, 7) is 7.22. The molecule has 0 aromatic heterocycles. The van der Waals surface area contributed by atoms with Crippen LogP contribution < -0.4 is 5.73 Å². The second-order valence-electron chi connectivity index (χ2n) is 6.23. The van der Waals surface area contributed by atoms with Gasteiger partial charge in [0.15, 0.2) is 0 Å². The van der Waals surface area contributed by atoms with Crippen LogP contribution in [0.2, 0.25) is 0 Å². The molecule has 0 aliphatic heterocycles. The number of ether oxygens (including phenoxy) is 1. The minimum atomic E-state index is -0.807. The molecule has 0 saturated carbocycles. The van der Waals surface area contributed by atoms with Gasteiger partial charge in [0, 0.05) is 11.6 Å². The normalized spacial score (nSPS) is 11.7. The number of nitrogens with two attached hydrogens (primary N) is 1. The SMILES string of the molecule is CCOC(=O)C[C@H](N)c1cc(-c2c(C)cc(F)cc2C)cc(C)c1F.Cl. The monoisotopic (exact) mass is 383 g/mol. The van der Waals surface area contributed by atoms with Crippen molar-refractivity contribution >= 4 is 18.4 Å². The lowest BCUT2D eigenvalue weighted by atomic mass is 9.90. The van der Waals surface area contributed by atoms with Gasteiger partial charge in [-0.1, -0.05) is 0 Å². The van der Waals surface area contributed by atoms with E-state index in [2.05, 4.69) is 0 Å². The molecule has 0 spiro atoms. The van der Waals surface area contributed by atoms with Crippen molar-refractivity contribution in [1.29, 1.82) is 0 Å². The molecule has 0 radical (unpaired) electrons. The Morgan fingerprint density at radius 2 is 1.65 bits per heavy atom. The summed E-state index contributed by atoms with van der Waals surface area (Å²) >= 11 is 0. The maximum Gasteiger partial charge on any atom is 0.307 e. The predicted molar refractivity (Wildman–Crippen MR) is 101 cm³/mol. The minimum Gasteiger partial charge on any atom is -0.466 e. The van der Waals surface area contributed by atoms with Crippen LogP contribution >= 0.6 is 12.4 Å². The summed E-state index contributed by atoms with van der Waals surface area (Å²) < 4.78 is 33.0. The first kappa shape index (κ1) is 22.1. The van der Waals surface area contributed by atoms with Crippen molar-refractivity contribution in [3.8, 4) is 11.1 Å². The minimum absolute atomic E-state index is 0. The van der Waals surface area contributed by atoms with Crippen molar-refractivity contribution in [3.63, 3.8) is 0 Å². The first-order valence-electron chi connectivity index (χ1n) is 8.23. The van der Waals surface area contributed by atoms with Crippen LogP contribution in [0.5, 0.6) is 0 Å². The third-order valence-corrected chi connectivity index (χ3v) is 4.16. The Balaban J connectivity index is 0.00000338. The third-order valence-electron chi connectivity index (χ3n) is 4.16. The molecule has 0 heterocycles. The van der Waals surface area contributed by atoms with E-state index in [0.717, 1.165) is 22.3 Å². The fraction of sp³-hybridized carbons (Fsp3) is 0.350. The number of benzene rings is 2. The molecule has 1 atom stereocenters. The molecule has 0 bridgehead atoms. The van der Waals surface area contributed by atoms with Crippen molar-refractivity contribution in [1.82, 2.24) is 0 Å². The lowest BCUT2D eigenvalue weighted by Crippen LogP contribution is -2.19. The Morgan fingerprint density at radius 3 is 2.19 bits per heavy atom. The zero-order valence-electron chi connectivity index (χ0n) is 15.4. The largest absolute Gasteiger partial charge is 0.466 e. The van der Waals surface area contributed by atoms with Crippen LogP contribution in [-0.2, 0) is 9.53 Å². The van der Waals surface area contributed by atoms with E-state index in [-0.39, 0.29) is 36.8 Å².